The molecule has 0 radical (unpaired) electrons. The molecule has 2 rings (SSSR count). The number of likely N-dealkylation sites (tertiary alicyclic amines) is 1. The Balaban J connectivity index is 2.07. The molecule has 1 aromatic rings. The van der Waals surface area contributed by atoms with Gasteiger partial charge in [0.15, 0.2) is 0 Å². The first-order chi connectivity index (χ1) is 7.86. The van der Waals surface area contributed by atoms with E-state index in [2.05, 4.69) is 0 Å². The molecule has 0 saturated carbocycles. The van der Waals surface area contributed by atoms with E-state index in [1.54, 1.807) is 19.1 Å². The lowest BCUT2D eigenvalue weighted by atomic mass is 10.4. The van der Waals surface area contributed by atoms with E-state index in [0.29, 0.717) is 11.5 Å². The van der Waals surface area contributed by atoms with E-state index in [9.17, 15) is 17.1 Å². The number of furan rings is 1. The monoisotopic (exact) mass is 261 g/mol. The van der Waals surface area contributed by atoms with Crippen LogP contribution in [0.3, 0.4) is 0 Å². The summed E-state index contributed by atoms with van der Waals surface area (Å²) in [5, 5.41) is -1.24. The Bertz CT molecular complexity index is 536. The van der Waals surface area contributed by atoms with Crippen molar-refractivity contribution in [3.8, 4) is 0 Å². The summed E-state index contributed by atoms with van der Waals surface area (Å²) >= 11 is 0. The third-order valence-corrected chi connectivity index (χ3v) is 3.83. The van der Waals surface area contributed by atoms with E-state index in [4.69, 9.17) is 4.42 Å². The van der Waals surface area contributed by atoms with Crippen molar-refractivity contribution in [3.63, 3.8) is 0 Å². The Kier molecular flexibility index (Phi) is 2.94. The second-order valence-corrected chi connectivity index (χ2v) is 5.71. The number of halogens is 1. The van der Waals surface area contributed by atoms with Gasteiger partial charge in [-0.2, -0.15) is 8.42 Å². The molecule has 1 atom stereocenters. The van der Waals surface area contributed by atoms with Crippen LogP contribution < -0.4 is 0 Å². The fraction of sp³-hybridized carbons (Fsp3) is 0.500. The molecule has 1 unspecified atom stereocenters. The molecule has 0 aromatic carbocycles. The summed E-state index contributed by atoms with van der Waals surface area (Å²) in [5.74, 6) is 0.902. The summed E-state index contributed by atoms with van der Waals surface area (Å²) in [7, 11) is -4.65. The Morgan fingerprint density at radius 3 is 2.71 bits per heavy atom. The quantitative estimate of drug-likeness (QED) is 0.761. The van der Waals surface area contributed by atoms with Crippen LogP contribution in [-0.4, -0.2) is 31.0 Å². The number of amides is 1. The zero-order chi connectivity index (χ0) is 12.6. The van der Waals surface area contributed by atoms with Gasteiger partial charge in [0.1, 0.15) is 16.8 Å². The minimum atomic E-state index is -4.65. The number of hydrogen-bond acceptors (Lipinski definition) is 4. The first kappa shape index (κ1) is 12.1. The van der Waals surface area contributed by atoms with Gasteiger partial charge in [-0.25, -0.2) is 0 Å². The molecule has 0 N–H and O–H groups in total. The summed E-state index contributed by atoms with van der Waals surface area (Å²) in [4.78, 5) is 12.8. The van der Waals surface area contributed by atoms with E-state index in [0.717, 1.165) is 0 Å². The molecular weight excluding hydrogens is 249 g/mol. The molecule has 2 heterocycles. The zero-order valence-corrected chi connectivity index (χ0v) is 10.0. The fourth-order valence-corrected chi connectivity index (χ4v) is 2.54. The summed E-state index contributed by atoms with van der Waals surface area (Å²) in [5.41, 5.74) is 0. The van der Waals surface area contributed by atoms with E-state index in [-0.39, 0.29) is 25.4 Å². The average Bonchev–Trinajstić information content (AvgIpc) is 2.74. The van der Waals surface area contributed by atoms with Gasteiger partial charge in [-0.15, -0.1) is 3.89 Å². The Morgan fingerprint density at radius 2 is 2.24 bits per heavy atom. The highest BCUT2D eigenvalue weighted by atomic mass is 32.3. The first-order valence-electron chi connectivity index (χ1n) is 5.13. The third-order valence-electron chi connectivity index (χ3n) is 2.72. The average molecular weight is 261 g/mol. The van der Waals surface area contributed by atoms with Crippen LogP contribution in [0.15, 0.2) is 16.5 Å². The van der Waals surface area contributed by atoms with Crippen LogP contribution >= 0.6 is 0 Å². The number of hydrogen-bond donors (Lipinski definition) is 0. The van der Waals surface area contributed by atoms with Gasteiger partial charge in [-0.1, -0.05) is 0 Å². The van der Waals surface area contributed by atoms with Crippen molar-refractivity contribution in [1.82, 2.24) is 4.90 Å². The van der Waals surface area contributed by atoms with Crippen LogP contribution in [-0.2, 0) is 21.6 Å². The maximum atomic E-state index is 12.8. The molecule has 1 saturated heterocycles. The van der Waals surface area contributed by atoms with E-state index in [1.807, 2.05) is 0 Å². The van der Waals surface area contributed by atoms with Crippen molar-refractivity contribution < 1.29 is 21.5 Å². The largest absolute Gasteiger partial charge is 0.464 e. The molecule has 5 nitrogen and oxygen atoms in total. The number of rotatable bonds is 3. The van der Waals surface area contributed by atoms with Crippen LogP contribution in [0.1, 0.15) is 17.9 Å². The molecule has 7 heteroatoms. The van der Waals surface area contributed by atoms with Gasteiger partial charge in [-0.05, 0) is 19.1 Å². The molecule has 1 fully saturated rings. The molecule has 17 heavy (non-hydrogen) atoms. The molecule has 1 aromatic heterocycles. The van der Waals surface area contributed by atoms with Gasteiger partial charge in [0.25, 0.3) is 0 Å². The van der Waals surface area contributed by atoms with E-state index >= 15 is 0 Å². The fourth-order valence-electron chi connectivity index (χ4n) is 1.84. The molecule has 0 bridgehead atoms. The Labute approximate surface area is 98.4 Å². The highest BCUT2D eigenvalue weighted by Crippen LogP contribution is 2.22. The van der Waals surface area contributed by atoms with Gasteiger partial charge in [0.2, 0.25) is 5.91 Å². The van der Waals surface area contributed by atoms with Crippen LogP contribution in [0.4, 0.5) is 3.89 Å². The smallest absolute Gasteiger partial charge is 0.307 e. The number of nitrogens with zero attached hydrogens (tertiary/aromatic N) is 1. The predicted molar refractivity (Wildman–Crippen MR) is 57.3 cm³/mol. The molecule has 0 aliphatic carbocycles. The second kappa shape index (κ2) is 4.14. The van der Waals surface area contributed by atoms with E-state index in [1.165, 1.54) is 4.90 Å². The Morgan fingerprint density at radius 1 is 1.53 bits per heavy atom. The van der Waals surface area contributed by atoms with Crippen molar-refractivity contribution in [1.29, 1.82) is 0 Å². The molecule has 94 valence electrons. The highest BCUT2D eigenvalue weighted by Gasteiger charge is 2.38. The van der Waals surface area contributed by atoms with Gasteiger partial charge in [0.05, 0.1) is 6.54 Å². The van der Waals surface area contributed by atoms with Crippen molar-refractivity contribution in [2.24, 2.45) is 0 Å². The minimum absolute atomic E-state index is 0.114. The summed E-state index contributed by atoms with van der Waals surface area (Å²) in [6.45, 7) is 1.83. The lowest BCUT2D eigenvalue weighted by molar-refractivity contribution is -0.128. The number of carbonyl (C=O) groups excluding carboxylic acids is 1. The second-order valence-electron chi connectivity index (χ2n) is 4.09. The van der Waals surface area contributed by atoms with Crippen LogP contribution in [0.25, 0.3) is 0 Å². The molecule has 1 aliphatic rings. The summed E-state index contributed by atoms with van der Waals surface area (Å²) < 4.78 is 39.5. The Hall–Kier alpha value is -1.37. The SMILES string of the molecule is Cc1ccc(CN2CC(S(=O)(=O)F)CC2=O)o1. The standard InChI is InChI=1S/C10H12FNO4S/c1-7-2-3-8(16-7)5-12-6-9(4-10(12)13)17(11,14)15/h2-3,9H,4-6H2,1H3. The van der Waals surface area contributed by atoms with Crippen LogP contribution in [0.5, 0.6) is 0 Å². The zero-order valence-electron chi connectivity index (χ0n) is 9.22. The first-order valence-corrected chi connectivity index (χ1v) is 6.57. The molecular formula is C10H12FNO4S. The van der Waals surface area contributed by atoms with Crippen LogP contribution in [0.2, 0.25) is 0 Å². The lowest BCUT2D eigenvalue weighted by Gasteiger charge is -2.13. The summed E-state index contributed by atoms with van der Waals surface area (Å²) in [6, 6.07) is 3.46. The van der Waals surface area contributed by atoms with Crippen LogP contribution in [0, 0.1) is 6.92 Å². The highest BCUT2D eigenvalue weighted by molar-refractivity contribution is 7.87. The molecule has 0 spiro atoms. The third kappa shape index (κ3) is 2.66. The normalized spacial score (nSPS) is 21.2. The topological polar surface area (TPSA) is 67.6 Å². The maximum absolute atomic E-state index is 12.8. The molecule has 1 aliphatic heterocycles. The maximum Gasteiger partial charge on any atom is 0.307 e. The van der Waals surface area contributed by atoms with Gasteiger partial charge in [0, 0.05) is 13.0 Å². The lowest BCUT2D eigenvalue weighted by Crippen LogP contribution is -2.26. The van der Waals surface area contributed by atoms with Gasteiger partial charge < -0.3 is 9.32 Å². The molecule has 1 amide bonds. The van der Waals surface area contributed by atoms with Crippen molar-refractivity contribution in [2.75, 3.05) is 6.54 Å². The van der Waals surface area contributed by atoms with Gasteiger partial charge in [-0.3, -0.25) is 4.79 Å². The summed E-state index contributed by atoms with van der Waals surface area (Å²) in [6.07, 6.45) is -0.293. The number of aryl methyl sites for hydroxylation is 1. The predicted octanol–water partition coefficient (Wildman–Crippen LogP) is 0.988. The van der Waals surface area contributed by atoms with Crippen molar-refractivity contribution in [2.45, 2.75) is 25.1 Å². The van der Waals surface area contributed by atoms with Gasteiger partial charge >= 0.3 is 10.2 Å². The number of carbonyl (C=O) groups is 1. The minimum Gasteiger partial charge on any atom is -0.464 e. The van der Waals surface area contributed by atoms with Crippen molar-refractivity contribution in [3.05, 3.63) is 23.7 Å². The van der Waals surface area contributed by atoms with E-state index < -0.39 is 15.5 Å². The van der Waals surface area contributed by atoms with Crippen molar-refractivity contribution >= 4 is 16.1 Å².